The maximum atomic E-state index is 13.8. The maximum absolute atomic E-state index is 13.8. The van der Waals surface area contributed by atoms with E-state index in [-0.39, 0.29) is 30.3 Å². The Morgan fingerprint density at radius 1 is 1.29 bits per heavy atom. The molecule has 3 rings (SSSR count). The van der Waals surface area contributed by atoms with E-state index in [2.05, 4.69) is 15.3 Å². The average molecular weight is 333 g/mol. The Labute approximate surface area is 137 Å². The van der Waals surface area contributed by atoms with Gasteiger partial charge in [0.15, 0.2) is 5.82 Å². The van der Waals surface area contributed by atoms with Crippen LogP contribution >= 0.6 is 0 Å². The van der Waals surface area contributed by atoms with Crippen LogP contribution in [0.3, 0.4) is 0 Å². The lowest BCUT2D eigenvalue weighted by atomic mass is 9.94. The highest BCUT2D eigenvalue weighted by molar-refractivity contribution is 5.90. The molecule has 0 saturated heterocycles. The Balaban J connectivity index is 1.67. The van der Waals surface area contributed by atoms with Crippen LogP contribution in [-0.2, 0) is 6.42 Å². The van der Waals surface area contributed by atoms with Gasteiger partial charge in [-0.05, 0) is 43.2 Å². The fraction of sp³-hybridized carbons (Fsp3) is 0.353. The molecule has 1 aromatic heterocycles. The Hall–Kier alpha value is -2.57. The number of aromatic nitrogens is 2. The molecule has 2 aromatic rings. The zero-order valence-electron chi connectivity index (χ0n) is 12.9. The SMILES string of the molecule is O=C(NCC(Cc1c(F)cccc1F)C1CC1)c1nccc(=O)[nH]1. The van der Waals surface area contributed by atoms with E-state index in [0.29, 0.717) is 5.92 Å². The van der Waals surface area contributed by atoms with Crippen molar-refractivity contribution in [3.8, 4) is 0 Å². The number of H-pyrrole nitrogens is 1. The fourth-order valence-electron chi connectivity index (χ4n) is 2.76. The first-order chi connectivity index (χ1) is 11.5. The molecule has 0 bridgehead atoms. The number of nitrogens with one attached hydrogen (secondary N) is 2. The molecule has 1 unspecified atom stereocenters. The van der Waals surface area contributed by atoms with Gasteiger partial charge in [0.2, 0.25) is 0 Å². The summed E-state index contributed by atoms with van der Waals surface area (Å²) in [5.41, 5.74) is -0.364. The molecule has 1 aromatic carbocycles. The van der Waals surface area contributed by atoms with Gasteiger partial charge < -0.3 is 10.3 Å². The van der Waals surface area contributed by atoms with Crippen molar-refractivity contribution in [3.63, 3.8) is 0 Å². The minimum Gasteiger partial charge on any atom is -0.349 e. The second-order valence-electron chi connectivity index (χ2n) is 5.99. The topological polar surface area (TPSA) is 74.8 Å². The van der Waals surface area contributed by atoms with Crippen molar-refractivity contribution < 1.29 is 13.6 Å². The van der Waals surface area contributed by atoms with Crippen LogP contribution in [0.25, 0.3) is 0 Å². The van der Waals surface area contributed by atoms with Crippen molar-refractivity contribution in [1.82, 2.24) is 15.3 Å². The average Bonchev–Trinajstić information content (AvgIpc) is 3.38. The molecule has 24 heavy (non-hydrogen) atoms. The normalized spacial score (nSPS) is 15.1. The number of carbonyl (C=O) groups excluding carboxylic acids is 1. The molecule has 126 valence electrons. The number of benzene rings is 1. The standard InChI is InChI=1S/C17H17F2N3O2/c18-13-2-1-3-14(19)12(13)8-11(10-4-5-10)9-21-17(24)16-20-7-6-15(23)22-16/h1-3,6-7,10-11H,4-5,8-9H2,(H,21,24)(H,20,22,23). The molecule has 0 radical (unpaired) electrons. The molecule has 0 spiro atoms. The number of aromatic amines is 1. The lowest BCUT2D eigenvalue weighted by Crippen LogP contribution is -2.33. The van der Waals surface area contributed by atoms with Crippen LogP contribution in [0.15, 0.2) is 35.3 Å². The first-order valence-corrected chi connectivity index (χ1v) is 7.81. The molecule has 1 aliphatic rings. The minimum atomic E-state index is -0.568. The molecule has 0 aliphatic heterocycles. The zero-order valence-corrected chi connectivity index (χ0v) is 12.9. The van der Waals surface area contributed by atoms with Gasteiger partial charge in [0, 0.05) is 24.4 Å². The highest BCUT2D eigenvalue weighted by Gasteiger charge is 2.32. The molecular weight excluding hydrogens is 316 g/mol. The Bertz CT molecular complexity index is 782. The second kappa shape index (κ2) is 6.90. The van der Waals surface area contributed by atoms with E-state index < -0.39 is 23.1 Å². The third kappa shape index (κ3) is 3.84. The molecule has 2 N–H and O–H groups in total. The van der Waals surface area contributed by atoms with Gasteiger partial charge in [-0.25, -0.2) is 13.8 Å². The molecule has 1 heterocycles. The van der Waals surface area contributed by atoms with Crippen LogP contribution in [0, 0.1) is 23.5 Å². The fourth-order valence-corrected chi connectivity index (χ4v) is 2.76. The van der Waals surface area contributed by atoms with Gasteiger partial charge in [0.1, 0.15) is 11.6 Å². The predicted molar refractivity (Wildman–Crippen MR) is 83.5 cm³/mol. The molecule has 1 saturated carbocycles. The lowest BCUT2D eigenvalue weighted by molar-refractivity contribution is 0.0934. The third-order valence-corrected chi connectivity index (χ3v) is 4.23. The summed E-state index contributed by atoms with van der Waals surface area (Å²) >= 11 is 0. The summed E-state index contributed by atoms with van der Waals surface area (Å²) in [5.74, 6) is -1.44. The number of rotatable bonds is 6. The third-order valence-electron chi connectivity index (χ3n) is 4.23. The van der Waals surface area contributed by atoms with Gasteiger partial charge in [-0.1, -0.05) is 6.07 Å². The van der Waals surface area contributed by atoms with Crippen molar-refractivity contribution in [2.75, 3.05) is 6.54 Å². The predicted octanol–water partition coefficient (Wildman–Crippen LogP) is 2.05. The smallest absolute Gasteiger partial charge is 0.287 e. The van der Waals surface area contributed by atoms with E-state index in [0.717, 1.165) is 12.8 Å². The Morgan fingerprint density at radius 2 is 2.00 bits per heavy atom. The van der Waals surface area contributed by atoms with E-state index in [9.17, 15) is 18.4 Å². The van der Waals surface area contributed by atoms with Crippen LogP contribution in [-0.4, -0.2) is 22.4 Å². The molecule has 1 fully saturated rings. The quantitative estimate of drug-likeness (QED) is 0.849. The largest absolute Gasteiger partial charge is 0.349 e. The Morgan fingerprint density at radius 3 is 2.62 bits per heavy atom. The lowest BCUT2D eigenvalue weighted by Gasteiger charge is -2.17. The number of halogens is 2. The van der Waals surface area contributed by atoms with Gasteiger partial charge in [-0.3, -0.25) is 9.59 Å². The van der Waals surface area contributed by atoms with E-state index in [1.165, 1.54) is 30.5 Å². The summed E-state index contributed by atoms with van der Waals surface area (Å²) in [5, 5.41) is 2.69. The van der Waals surface area contributed by atoms with Gasteiger partial charge in [-0.2, -0.15) is 0 Å². The monoisotopic (exact) mass is 333 g/mol. The van der Waals surface area contributed by atoms with Crippen molar-refractivity contribution in [1.29, 1.82) is 0 Å². The number of hydrogen-bond acceptors (Lipinski definition) is 3. The van der Waals surface area contributed by atoms with Crippen LogP contribution in [0.5, 0.6) is 0 Å². The van der Waals surface area contributed by atoms with Crippen molar-refractivity contribution >= 4 is 5.91 Å². The summed E-state index contributed by atoms with van der Waals surface area (Å²) < 4.78 is 27.7. The number of hydrogen-bond donors (Lipinski definition) is 2. The van der Waals surface area contributed by atoms with Crippen molar-refractivity contribution in [3.05, 3.63) is 63.8 Å². The van der Waals surface area contributed by atoms with Gasteiger partial charge in [0.05, 0.1) is 0 Å². The number of amides is 1. The van der Waals surface area contributed by atoms with Crippen LogP contribution in [0.2, 0.25) is 0 Å². The summed E-state index contributed by atoms with van der Waals surface area (Å²) in [7, 11) is 0. The van der Waals surface area contributed by atoms with Gasteiger partial charge in [0.25, 0.3) is 11.5 Å². The molecule has 1 aliphatic carbocycles. The highest BCUT2D eigenvalue weighted by atomic mass is 19.1. The van der Waals surface area contributed by atoms with Crippen molar-refractivity contribution in [2.24, 2.45) is 11.8 Å². The van der Waals surface area contributed by atoms with E-state index >= 15 is 0 Å². The summed E-state index contributed by atoms with van der Waals surface area (Å²) in [6, 6.07) is 5.02. The van der Waals surface area contributed by atoms with Crippen molar-refractivity contribution in [2.45, 2.75) is 19.3 Å². The summed E-state index contributed by atoms with van der Waals surface area (Å²) in [6.45, 7) is 0.274. The number of nitrogens with zero attached hydrogens (tertiary/aromatic N) is 1. The molecule has 1 amide bonds. The first kappa shape index (κ1) is 16.3. The molecule has 5 nitrogen and oxygen atoms in total. The highest BCUT2D eigenvalue weighted by Crippen LogP contribution is 2.38. The van der Waals surface area contributed by atoms with Crippen LogP contribution in [0.1, 0.15) is 29.0 Å². The van der Waals surface area contributed by atoms with Gasteiger partial charge >= 0.3 is 0 Å². The van der Waals surface area contributed by atoms with Gasteiger partial charge in [-0.15, -0.1) is 0 Å². The van der Waals surface area contributed by atoms with E-state index in [1.807, 2.05) is 0 Å². The van der Waals surface area contributed by atoms with E-state index in [1.54, 1.807) is 0 Å². The number of carbonyl (C=O) groups is 1. The van der Waals surface area contributed by atoms with Crippen LogP contribution in [0.4, 0.5) is 8.78 Å². The molecule has 1 atom stereocenters. The second-order valence-corrected chi connectivity index (χ2v) is 5.99. The summed E-state index contributed by atoms with van der Waals surface area (Å²) in [6.07, 6.45) is 3.44. The minimum absolute atomic E-state index is 0.0508. The molecular formula is C17H17F2N3O2. The molecule has 7 heteroatoms. The zero-order chi connectivity index (χ0) is 17.1. The summed E-state index contributed by atoms with van der Waals surface area (Å²) in [4.78, 5) is 29.4. The Kier molecular flexibility index (Phi) is 4.69. The van der Waals surface area contributed by atoms with E-state index in [4.69, 9.17) is 0 Å². The maximum Gasteiger partial charge on any atom is 0.287 e. The van der Waals surface area contributed by atoms with Crippen LogP contribution < -0.4 is 10.9 Å². The first-order valence-electron chi connectivity index (χ1n) is 7.81.